The Labute approximate surface area is 105 Å². The van der Waals surface area contributed by atoms with E-state index in [1.165, 1.54) is 11.8 Å². The van der Waals surface area contributed by atoms with Crippen molar-refractivity contribution in [3.63, 3.8) is 0 Å². The zero-order valence-corrected chi connectivity index (χ0v) is 10.5. The molecular weight excluding hydrogens is 242 g/mol. The number of carboxylic acids is 1. The van der Waals surface area contributed by atoms with Crippen molar-refractivity contribution in [2.45, 2.75) is 20.3 Å². The molecule has 0 saturated heterocycles. The largest absolute Gasteiger partial charge is 0.481 e. The Morgan fingerprint density at radius 1 is 1.41 bits per heavy atom. The highest BCUT2D eigenvalue weighted by Gasteiger charge is 2.13. The molecule has 92 valence electrons. The number of carboxylic acid groups (broad SMARTS) is 1. The van der Waals surface area contributed by atoms with E-state index in [2.05, 4.69) is 0 Å². The Kier molecular flexibility index (Phi) is 4.52. The van der Waals surface area contributed by atoms with E-state index in [4.69, 9.17) is 16.7 Å². The Morgan fingerprint density at radius 3 is 2.53 bits per heavy atom. The summed E-state index contributed by atoms with van der Waals surface area (Å²) in [5.74, 6) is -1.14. The number of anilines is 1. The normalized spacial score (nSPS) is 10.1. The van der Waals surface area contributed by atoms with Crippen LogP contribution in [0.3, 0.4) is 0 Å². The fourth-order valence-corrected chi connectivity index (χ4v) is 1.60. The summed E-state index contributed by atoms with van der Waals surface area (Å²) in [6, 6.07) is 5.22. The van der Waals surface area contributed by atoms with Gasteiger partial charge in [-0.05, 0) is 24.6 Å². The standard InChI is InChI=1S/C12H14ClNO3/c1-8-3-4-10(7-11(8)13)14(9(2)15)6-5-12(16)17/h3-4,7H,5-6H2,1-2H3,(H,16,17). The Bertz CT molecular complexity index is 445. The molecule has 17 heavy (non-hydrogen) atoms. The van der Waals surface area contributed by atoms with Crippen molar-refractivity contribution in [3.05, 3.63) is 28.8 Å². The van der Waals surface area contributed by atoms with Gasteiger partial charge in [0.15, 0.2) is 0 Å². The van der Waals surface area contributed by atoms with E-state index in [0.717, 1.165) is 5.56 Å². The van der Waals surface area contributed by atoms with E-state index >= 15 is 0 Å². The number of hydrogen-bond donors (Lipinski definition) is 1. The SMILES string of the molecule is CC(=O)N(CCC(=O)O)c1ccc(C)c(Cl)c1. The predicted octanol–water partition coefficient (Wildman–Crippen LogP) is 2.48. The van der Waals surface area contributed by atoms with Gasteiger partial charge < -0.3 is 10.0 Å². The van der Waals surface area contributed by atoms with E-state index in [1.54, 1.807) is 18.2 Å². The van der Waals surface area contributed by atoms with Gasteiger partial charge in [0.2, 0.25) is 5.91 Å². The summed E-state index contributed by atoms with van der Waals surface area (Å²) < 4.78 is 0. The molecule has 1 N–H and O–H groups in total. The number of benzene rings is 1. The third-order valence-corrected chi connectivity index (χ3v) is 2.80. The van der Waals surface area contributed by atoms with Crippen LogP contribution in [0, 0.1) is 6.92 Å². The zero-order chi connectivity index (χ0) is 13.0. The zero-order valence-electron chi connectivity index (χ0n) is 9.74. The molecule has 0 aliphatic carbocycles. The quantitative estimate of drug-likeness (QED) is 0.899. The van der Waals surface area contributed by atoms with Gasteiger partial charge in [-0.3, -0.25) is 9.59 Å². The molecule has 0 spiro atoms. The highest BCUT2D eigenvalue weighted by atomic mass is 35.5. The molecule has 0 saturated carbocycles. The monoisotopic (exact) mass is 255 g/mol. The van der Waals surface area contributed by atoms with Crippen LogP contribution in [0.25, 0.3) is 0 Å². The summed E-state index contributed by atoms with van der Waals surface area (Å²) in [5, 5.41) is 9.19. The minimum atomic E-state index is -0.936. The maximum absolute atomic E-state index is 11.4. The molecule has 0 aromatic heterocycles. The van der Waals surface area contributed by atoms with Crippen LogP contribution >= 0.6 is 11.6 Å². The third-order valence-electron chi connectivity index (χ3n) is 2.40. The number of aliphatic carboxylic acids is 1. The van der Waals surface area contributed by atoms with Gasteiger partial charge in [0.05, 0.1) is 6.42 Å². The first-order valence-electron chi connectivity index (χ1n) is 5.18. The summed E-state index contributed by atoms with van der Waals surface area (Å²) in [4.78, 5) is 23.4. The number of amides is 1. The lowest BCUT2D eigenvalue weighted by atomic mass is 10.2. The van der Waals surface area contributed by atoms with Gasteiger partial charge >= 0.3 is 5.97 Å². The number of nitrogens with zero attached hydrogens (tertiary/aromatic N) is 1. The van der Waals surface area contributed by atoms with E-state index in [0.29, 0.717) is 10.7 Å². The molecule has 0 heterocycles. The summed E-state index contributed by atoms with van der Waals surface area (Å²) in [6.07, 6.45) is -0.0922. The number of carbonyl (C=O) groups excluding carboxylic acids is 1. The van der Waals surface area contributed by atoms with Crippen molar-refractivity contribution in [2.24, 2.45) is 0 Å². The maximum Gasteiger partial charge on any atom is 0.305 e. The first-order chi connectivity index (χ1) is 7.91. The lowest BCUT2D eigenvalue weighted by Crippen LogP contribution is -2.30. The van der Waals surface area contributed by atoms with E-state index < -0.39 is 5.97 Å². The predicted molar refractivity (Wildman–Crippen MR) is 66.5 cm³/mol. The Morgan fingerprint density at radius 2 is 2.06 bits per heavy atom. The van der Waals surface area contributed by atoms with Crippen LogP contribution in [-0.4, -0.2) is 23.5 Å². The number of aryl methyl sites for hydroxylation is 1. The molecule has 0 unspecified atom stereocenters. The second kappa shape index (κ2) is 5.68. The van der Waals surface area contributed by atoms with Gasteiger partial charge in [0.1, 0.15) is 0 Å². The summed E-state index contributed by atoms with van der Waals surface area (Å²) in [6.45, 7) is 3.40. The van der Waals surface area contributed by atoms with Crippen LogP contribution in [0.15, 0.2) is 18.2 Å². The average molecular weight is 256 g/mol. The van der Waals surface area contributed by atoms with Crippen molar-refractivity contribution in [2.75, 3.05) is 11.4 Å². The number of carbonyl (C=O) groups is 2. The molecule has 0 bridgehead atoms. The molecule has 0 aliphatic heterocycles. The lowest BCUT2D eigenvalue weighted by molar-refractivity contribution is -0.136. The van der Waals surface area contributed by atoms with Gasteiger partial charge in [-0.2, -0.15) is 0 Å². The van der Waals surface area contributed by atoms with Crippen molar-refractivity contribution in [1.29, 1.82) is 0 Å². The molecule has 1 aromatic rings. The molecule has 1 rings (SSSR count). The number of halogens is 1. The summed E-state index contributed by atoms with van der Waals surface area (Å²) >= 11 is 5.97. The van der Waals surface area contributed by atoms with Crippen LogP contribution in [0.1, 0.15) is 18.9 Å². The third kappa shape index (κ3) is 3.75. The van der Waals surface area contributed by atoms with Crippen LogP contribution in [0.5, 0.6) is 0 Å². The van der Waals surface area contributed by atoms with Gasteiger partial charge in [0, 0.05) is 24.2 Å². The number of rotatable bonds is 4. The molecule has 1 aromatic carbocycles. The van der Waals surface area contributed by atoms with Gasteiger partial charge in [-0.25, -0.2) is 0 Å². The van der Waals surface area contributed by atoms with E-state index in [1.807, 2.05) is 6.92 Å². The minimum Gasteiger partial charge on any atom is -0.481 e. The smallest absolute Gasteiger partial charge is 0.305 e. The molecule has 0 fully saturated rings. The summed E-state index contributed by atoms with van der Waals surface area (Å²) in [7, 11) is 0. The molecular formula is C12H14ClNO3. The van der Waals surface area contributed by atoms with Crippen molar-refractivity contribution in [1.82, 2.24) is 0 Å². The van der Waals surface area contributed by atoms with Gasteiger partial charge in [0.25, 0.3) is 0 Å². The maximum atomic E-state index is 11.4. The second-order valence-corrected chi connectivity index (χ2v) is 4.16. The lowest BCUT2D eigenvalue weighted by Gasteiger charge is -2.20. The highest BCUT2D eigenvalue weighted by Crippen LogP contribution is 2.23. The van der Waals surface area contributed by atoms with Crippen LogP contribution in [-0.2, 0) is 9.59 Å². The van der Waals surface area contributed by atoms with Gasteiger partial charge in [-0.15, -0.1) is 0 Å². The summed E-state index contributed by atoms with van der Waals surface area (Å²) in [5.41, 5.74) is 1.53. The topological polar surface area (TPSA) is 57.6 Å². The first-order valence-corrected chi connectivity index (χ1v) is 5.55. The van der Waals surface area contributed by atoms with E-state index in [9.17, 15) is 9.59 Å². The van der Waals surface area contributed by atoms with Crippen molar-refractivity contribution >= 4 is 29.2 Å². The second-order valence-electron chi connectivity index (χ2n) is 3.75. The van der Waals surface area contributed by atoms with Crippen LogP contribution < -0.4 is 4.90 Å². The van der Waals surface area contributed by atoms with Gasteiger partial charge in [-0.1, -0.05) is 17.7 Å². The molecule has 1 amide bonds. The average Bonchev–Trinajstić information content (AvgIpc) is 2.22. The Hall–Kier alpha value is -1.55. The number of hydrogen-bond acceptors (Lipinski definition) is 2. The fraction of sp³-hybridized carbons (Fsp3) is 0.333. The first kappa shape index (κ1) is 13.5. The molecule has 4 nitrogen and oxygen atoms in total. The highest BCUT2D eigenvalue weighted by molar-refractivity contribution is 6.31. The Balaban J connectivity index is 2.93. The van der Waals surface area contributed by atoms with Crippen LogP contribution in [0.2, 0.25) is 5.02 Å². The van der Waals surface area contributed by atoms with Crippen LogP contribution in [0.4, 0.5) is 5.69 Å². The fourth-order valence-electron chi connectivity index (χ4n) is 1.43. The molecule has 0 radical (unpaired) electrons. The van der Waals surface area contributed by atoms with Crippen molar-refractivity contribution < 1.29 is 14.7 Å². The molecule has 0 atom stereocenters. The minimum absolute atomic E-state index is 0.0922. The molecule has 0 aliphatic rings. The van der Waals surface area contributed by atoms with Crippen molar-refractivity contribution in [3.8, 4) is 0 Å². The van der Waals surface area contributed by atoms with E-state index in [-0.39, 0.29) is 18.9 Å². The molecule has 5 heteroatoms.